The van der Waals surface area contributed by atoms with Crippen LogP contribution in [-0.2, 0) is 9.53 Å². The van der Waals surface area contributed by atoms with Crippen LogP contribution in [0, 0.1) is 0 Å². The van der Waals surface area contributed by atoms with Gasteiger partial charge in [0.1, 0.15) is 5.75 Å². The van der Waals surface area contributed by atoms with Crippen LogP contribution in [0.15, 0.2) is 36.4 Å². The van der Waals surface area contributed by atoms with E-state index in [0.29, 0.717) is 18.2 Å². The van der Waals surface area contributed by atoms with Gasteiger partial charge in [0.25, 0.3) is 0 Å². The molecule has 0 unspecified atom stereocenters. The van der Waals surface area contributed by atoms with Gasteiger partial charge in [0.15, 0.2) is 6.10 Å². The van der Waals surface area contributed by atoms with Gasteiger partial charge in [-0.1, -0.05) is 24.3 Å². The van der Waals surface area contributed by atoms with E-state index in [2.05, 4.69) is 4.74 Å². The average Bonchev–Trinajstić information content (AvgIpc) is 2.58. The molecular weight excluding hydrogens is 359 g/mol. The first-order valence-electron chi connectivity index (χ1n) is 7.70. The Labute approximate surface area is 146 Å². The predicted octanol–water partition coefficient (Wildman–Crippen LogP) is 5.08. The molecule has 0 aliphatic carbocycles. The van der Waals surface area contributed by atoms with Crippen LogP contribution in [0.25, 0.3) is 10.8 Å². The number of hydrogen-bond acceptors (Lipinski definition) is 3. The summed E-state index contributed by atoms with van der Waals surface area (Å²) < 4.78 is 72.9. The Morgan fingerprint density at radius 1 is 0.962 bits per heavy atom. The van der Waals surface area contributed by atoms with Crippen LogP contribution in [0.4, 0.5) is 22.0 Å². The molecule has 2 atom stereocenters. The molecule has 0 spiro atoms. The number of methoxy groups -OCH3 is 1. The van der Waals surface area contributed by atoms with Crippen LogP contribution in [0.2, 0.25) is 0 Å². The Hall–Kier alpha value is -2.38. The lowest BCUT2D eigenvalue weighted by molar-refractivity contribution is -0.311. The van der Waals surface area contributed by atoms with E-state index in [4.69, 9.17) is 4.74 Å². The molecule has 3 nitrogen and oxygen atoms in total. The third kappa shape index (κ3) is 3.89. The topological polar surface area (TPSA) is 35.5 Å². The van der Waals surface area contributed by atoms with Gasteiger partial charge in [-0.25, -0.2) is 0 Å². The Kier molecular flexibility index (Phi) is 5.44. The second-order valence-electron chi connectivity index (χ2n) is 5.89. The zero-order chi connectivity index (χ0) is 19.7. The zero-order valence-corrected chi connectivity index (χ0v) is 14.2. The maximum atomic E-state index is 13.2. The molecule has 0 radical (unpaired) electrons. The summed E-state index contributed by atoms with van der Waals surface area (Å²) in [5.41, 5.74) is 0.440. The molecule has 2 aromatic carbocycles. The normalized spacial score (nSPS) is 14.8. The Morgan fingerprint density at radius 3 is 2.12 bits per heavy atom. The molecule has 0 aromatic heterocycles. The zero-order valence-electron chi connectivity index (χ0n) is 14.2. The quantitative estimate of drug-likeness (QED) is 0.539. The van der Waals surface area contributed by atoms with E-state index >= 15 is 0 Å². The molecule has 0 heterocycles. The molecule has 0 aliphatic rings. The van der Waals surface area contributed by atoms with Crippen molar-refractivity contribution in [1.82, 2.24) is 0 Å². The Balaban J connectivity index is 2.19. The summed E-state index contributed by atoms with van der Waals surface area (Å²) in [6.45, 7) is 1.90. The van der Waals surface area contributed by atoms with Crippen molar-refractivity contribution < 1.29 is 36.2 Å². The van der Waals surface area contributed by atoms with Gasteiger partial charge in [-0.05, 0) is 42.3 Å². The van der Waals surface area contributed by atoms with Crippen LogP contribution < -0.4 is 4.74 Å². The van der Waals surface area contributed by atoms with Gasteiger partial charge >= 0.3 is 18.1 Å². The van der Waals surface area contributed by atoms with Crippen molar-refractivity contribution in [3.63, 3.8) is 0 Å². The molecule has 0 N–H and O–H groups in total. The maximum Gasteiger partial charge on any atom is 0.457 e. The number of rotatable bonds is 5. The molecule has 0 saturated carbocycles. The predicted molar refractivity (Wildman–Crippen MR) is 85.5 cm³/mol. The number of alkyl halides is 5. The van der Waals surface area contributed by atoms with Crippen molar-refractivity contribution in [2.45, 2.75) is 38.0 Å². The molecule has 26 heavy (non-hydrogen) atoms. The van der Waals surface area contributed by atoms with Crippen molar-refractivity contribution in [2.24, 2.45) is 0 Å². The summed E-state index contributed by atoms with van der Waals surface area (Å²) in [6, 6.07) is 10.2. The first-order chi connectivity index (χ1) is 12.0. The lowest BCUT2D eigenvalue weighted by atomic mass is 9.97. The summed E-state index contributed by atoms with van der Waals surface area (Å²) in [5, 5.41) is 1.59. The lowest BCUT2D eigenvalue weighted by Gasteiger charge is -2.26. The van der Waals surface area contributed by atoms with E-state index in [1.165, 1.54) is 14.0 Å². The first kappa shape index (κ1) is 19.9. The van der Waals surface area contributed by atoms with Gasteiger partial charge in [-0.3, -0.25) is 4.79 Å². The highest BCUT2D eigenvalue weighted by atomic mass is 19.4. The van der Waals surface area contributed by atoms with E-state index in [0.717, 1.165) is 10.8 Å². The molecule has 0 aliphatic heterocycles. The van der Waals surface area contributed by atoms with Crippen molar-refractivity contribution in [3.8, 4) is 5.75 Å². The number of hydrogen-bond donors (Lipinski definition) is 0. The molecule has 8 heteroatoms. The van der Waals surface area contributed by atoms with E-state index in [1.807, 2.05) is 0 Å². The highest BCUT2D eigenvalue weighted by Gasteiger charge is 2.62. The summed E-state index contributed by atoms with van der Waals surface area (Å²) in [7, 11) is 1.52. The van der Waals surface area contributed by atoms with Crippen molar-refractivity contribution in [3.05, 3.63) is 42.0 Å². The summed E-state index contributed by atoms with van der Waals surface area (Å²) in [6.07, 6.45) is -8.42. The second-order valence-corrected chi connectivity index (χ2v) is 5.89. The number of esters is 1. The molecule has 0 saturated heterocycles. The molecule has 0 amide bonds. The number of benzene rings is 2. The van der Waals surface area contributed by atoms with Gasteiger partial charge < -0.3 is 9.47 Å². The van der Waals surface area contributed by atoms with E-state index in [9.17, 15) is 26.7 Å². The number of carbonyl (C=O) groups excluding carboxylic acids is 1. The fraction of sp³-hybridized carbons (Fsp3) is 0.389. The van der Waals surface area contributed by atoms with Crippen molar-refractivity contribution in [1.29, 1.82) is 0 Å². The average molecular weight is 376 g/mol. The minimum absolute atomic E-state index is 0.440. The van der Waals surface area contributed by atoms with Crippen LogP contribution in [0.5, 0.6) is 5.75 Å². The molecular formula is C18H17F5O3. The molecule has 2 aromatic rings. The largest absolute Gasteiger partial charge is 0.497 e. The van der Waals surface area contributed by atoms with Gasteiger partial charge in [0.05, 0.1) is 13.0 Å². The van der Waals surface area contributed by atoms with Crippen molar-refractivity contribution in [2.75, 3.05) is 7.11 Å². The van der Waals surface area contributed by atoms with Crippen molar-refractivity contribution >= 4 is 16.7 Å². The summed E-state index contributed by atoms with van der Waals surface area (Å²) >= 11 is 0. The lowest BCUT2D eigenvalue weighted by Crippen LogP contribution is -2.47. The fourth-order valence-corrected chi connectivity index (χ4v) is 2.36. The van der Waals surface area contributed by atoms with Crippen LogP contribution in [0.3, 0.4) is 0 Å². The van der Waals surface area contributed by atoms with Gasteiger partial charge in [0, 0.05) is 0 Å². The third-order valence-electron chi connectivity index (χ3n) is 4.11. The first-order valence-corrected chi connectivity index (χ1v) is 7.70. The third-order valence-corrected chi connectivity index (χ3v) is 4.11. The molecule has 0 bridgehead atoms. The second kappa shape index (κ2) is 7.09. The molecule has 2 rings (SSSR count). The minimum Gasteiger partial charge on any atom is -0.497 e. The SMILES string of the molecule is COc1ccc2cc([C@H](C)C(=O)O[C@@H](C)C(F)(F)C(F)(F)F)ccc2c1. The number of ether oxygens (including phenoxy) is 2. The highest BCUT2D eigenvalue weighted by molar-refractivity contribution is 5.86. The highest BCUT2D eigenvalue weighted by Crippen LogP contribution is 2.39. The monoisotopic (exact) mass is 376 g/mol. The Bertz CT molecular complexity index is 801. The van der Waals surface area contributed by atoms with E-state index < -0.39 is 30.1 Å². The number of carbonyl (C=O) groups is 1. The summed E-state index contributed by atoms with van der Waals surface area (Å²) in [4.78, 5) is 12.0. The van der Waals surface area contributed by atoms with Crippen LogP contribution >= 0.6 is 0 Å². The fourth-order valence-electron chi connectivity index (χ4n) is 2.36. The van der Waals surface area contributed by atoms with Crippen LogP contribution in [-0.4, -0.2) is 31.3 Å². The van der Waals surface area contributed by atoms with E-state index in [-0.39, 0.29) is 0 Å². The number of fused-ring (bicyclic) bond motifs is 1. The maximum absolute atomic E-state index is 13.2. The van der Waals surface area contributed by atoms with Crippen LogP contribution in [0.1, 0.15) is 25.3 Å². The Morgan fingerprint density at radius 2 is 1.54 bits per heavy atom. The molecule has 142 valence electrons. The minimum atomic E-state index is -5.79. The standard InChI is InChI=1S/C18H17F5O3/c1-10(16(24)26-11(2)17(19,20)18(21,22)23)12-4-5-14-9-15(25-3)7-6-13(14)8-12/h4-11H,1-3H3/t10-,11-/m0/s1. The van der Waals surface area contributed by atoms with Gasteiger partial charge in [-0.15, -0.1) is 0 Å². The number of halogens is 5. The smallest absolute Gasteiger partial charge is 0.457 e. The summed E-state index contributed by atoms with van der Waals surface area (Å²) in [5.74, 6) is -6.65. The van der Waals surface area contributed by atoms with Gasteiger partial charge in [0.2, 0.25) is 0 Å². The van der Waals surface area contributed by atoms with E-state index in [1.54, 1.807) is 36.4 Å². The molecule has 0 fully saturated rings. The van der Waals surface area contributed by atoms with Gasteiger partial charge in [-0.2, -0.15) is 22.0 Å².